The zero-order valence-corrected chi connectivity index (χ0v) is 11.7. The summed E-state index contributed by atoms with van der Waals surface area (Å²) in [5, 5.41) is 6.63. The van der Waals surface area contributed by atoms with E-state index in [0.29, 0.717) is 0 Å². The summed E-state index contributed by atoms with van der Waals surface area (Å²) in [7, 11) is 0. The largest absolute Gasteiger partial charge is 0.321 e. The van der Waals surface area contributed by atoms with Gasteiger partial charge in [0.15, 0.2) is 0 Å². The lowest BCUT2D eigenvalue weighted by Gasteiger charge is -2.05. The second-order valence-corrected chi connectivity index (χ2v) is 4.14. The van der Waals surface area contributed by atoms with Crippen molar-refractivity contribution in [2.24, 2.45) is 5.10 Å². The first kappa shape index (κ1) is 14.5. The van der Waals surface area contributed by atoms with Crippen molar-refractivity contribution in [1.29, 1.82) is 0 Å². The second kappa shape index (κ2) is 7.59. The van der Waals surface area contributed by atoms with Crippen LogP contribution in [0.4, 0.5) is 5.69 Å². The molecule has 1 amide bonds. The molecule has 5 heteroatoms. The molecule has 0 aliphatic heterocycles. The molecule has 21 heavy (non-hydrogen) atoms. The van der Waals surface area contributed by atoms with Crippen molar-refractivity contribution in [1.82, 2.24) is 10.4 Å². The maximum atomic E-state index is 11.7. The minimum Gasteiger partial charge on any atom is -0.321 e. The van der Waals surface area contributed by atoms with Crippen LogP contribution >= 0.6 is 0 Å². The lowest BCUT2D eigenvalue weighted by molar-refractivity contribution is -0.110. The molecule has 0 unspecified atom stereocenters. The van der Waals surface area contributed by atoms with Gasteiger partial charge in [0.05, 0.1) is 11.4 Å². The molecule has 0 radical (unpaired) electrons. The van der Waals surface area contributed by atoms with E-state index in [1.165, 1.54) is 6.21 Å². The van der Waals surface area contributed by atoms with Gasteiger partial charge >= 0.3 is 0 Å². The highest BCUT2D eigenvalue weighted by molar-refractivity contribution is 6.31. The fraction of sp³-hybridized carbons (Fsp3) is 0.0625. The molecule has 5 nitrogen and oxygen atoms in total. The Morgan fingerprint density at radius 2 is 1.90 bits per heavy atom. The summed E-state index contributed by atoms with van der Waals surface area (Å²) in [5.41, 5.74) is 5.04. The maximum Gasteiger partial charge on any atom is 0.268 e. The summed E-state index contributed by atoms with van der Waals surface area (Å²) in [6.07, 6.45) is 4.74. The summed E-state index contributed by atoms with van der Waals surface area (Å²) < 4.78 is 0. The van der Waals surface area contributed by atoms with E-state index in [0.717, 1.165) is 17.1 Å². The molecule has 0 aliphatic carbocycles. The van der Waals surface area contributed by atoms with Gasteiger partial charge in [0.1, 0.15) is 6.21 Å². The third kappa shape index (κ3) is 4.58. The van der Waals surface area contributed by atoms with Crippen LogP contribution < -0.4 is 10.7 Å². The molecular formula is C16H16N4O. The summed E-state index contributed by atoms with van der Waals surface area (Å²) >= 11 is 0. The zero-order chi connectivity index (χ0) is 14.9. The molecule has 0 aliphatic rings. The van der Waals surface area contributed by atoms with Crippen LogP contribution in [0.25, 0.3) is 5.70 Å². The number of anilines is 1. The highest BCUT2D eigenvalue weighted by Crippen LogP contribution is 2.07. The van der Waals surface area contributed by atoms with Crippen molar-refractivity contribution in [3.05, 3.63) is 66.5 Å². The van der Waals surface area contributed by atoms with Gasteiger partial charge in [-0.05, 0) is 31.2 Å². The van der Waals surface area contributed by atoms with Gasteiger partial charge in [-0.25, -0.2) is 0 Å². The number of hydrazone groups is 1. The Bertz CT molecular complexity index is 636. The fourth-order valence-electron chi connectivity index (χ4n) is 1.65. The molecule has 1 aromatic carbocycles. The molecule has 0 bridgehead atoms. The number of carbonyl (C=O) groups is 1. The number of allylic oxidation sites excluding steroid dienone is 1. The Balaban J connectivity index is 1.91. The molecule has 0 saturated carbocycles. The first-order valence-electron chi connectivity index (χ1n) is 6.52. The number of aromatic nitrogens is 1. The molecule has 106 valence electrons. The monoisotopic (exact) mass is 280 g/mol. The molecule has 0 fully saturated rings. The average Bonchev–Trinajstić information content (AvgIpc) is 2.53. The number of amides is 1. The summed E-state index contributed by atoms with van der Waals surface area (Å²) in [6, 6.07) is 14.8. The number of pyridine rings is 1. The van der Waals surface area contributed by atoms with Crippen LogP contribution in [0.1, 0.15) is 12.6 Å². The molecule has 1 heterocycles. The van der Waals surface area contributed by atoms with E-state index in [2.05, 4.69) is 20.8 Å². The van der Waals surface area contributed by atoms with E-state index in [9.17, 15) is 4.79 Å². The van der Waals surface area contributed by atoms with Crippen molar-refractivity contribution >= 4 is 23.5 Å². The predicted octanol–water partition coefficient (Wildman–Crippen LogP) is 2.66. The Hall–Kier alpha value is -2.95. The molecule has 2 N–H and O–H groups in total. The SMILES string of the molecule is C/C=C(\N/N=C/C(=O)Nc1ccccc1)c1ccccn1. The topological polar surface area (TPSA) is 66.4 Å². The van der Waals surface area contributed by atoms with Gasteiger partial charge in [0.2, 0.25) is 0 Å². The van der Waals surface area contributed by atoms with E-state index in [4.69, 9.17) is 0 Å². The van der Waals surface area contributed by atoms with Gasteiger partial charge in [0, 0.05) is 11.9 Å². The number of para-hydroxylation sites is 1. The first-order valence-corrected chi connectivity index (χ1v) is 6.52. The van der Waals surface area contributed by atoms with Gasteiger partial charge in [-0.3, -0.25) is 15.2 Å². The van der Waals surface area contributed by atoms with Crippen LogP contribution in [0, 0.1) is 0 Å². The van der Waals surface area contributed by atoms with Gasteiger partial charge in [-0.15, -0.1) is 0 Å². The fourth-order valence-corrected chi connectivity index (χ4v) is 1.65. The lowest BCUT2D eigenvalue weighted by atomic mass is 10.3. The molecule has 2 aromatic rings. The van der Waals surface area contributed by atoms with E-state index >= 15 is 0 Å². The predicted molar refractivity (Wildman–Crippen MR) is 84.6 cm³/mol. The van der Waals surface area contributed by atoms with Crippen molar-refractivity contribution in [3.8, 4) is 0 Å². The van der Waals surface area contributed by atoms with Crippen molar-refractivity contribution in [2.75, 3.05) is 5.32 Å². The number of carbonyl (C=O) groups excluding carboxylic acids is 1. The van der Waals surface area contributed by atoms with Crippen LogP contribution in [0.3, 0.4) is 0 Å². The zero-order valence-electron chi connectivity index (χ0n) is 11.7. The molecule has 0 saturated heterocycles. The molecule has 1 aromatic heterocycles. The molecule has 2 rings (SSSR count). The summed E-state index contributed by atoms with van der Waals surface area (Å²) in [6.45, 7) is 1.87. The number of nitrogens with one attached hydrogen (secondary N) is 2. The lowest BCUT2D eigenvalue weighted by Crippen LogP contribution is -2.15. The van der Waals surface area contributed by atoms with Gasteiger partial charge in [-0.2, -0.15) is 5.10 Å². The highest BCUT2D eigenvalue weighted by Gasteiger charge is 2.00. The van der Waals surface area contributed by atoms with Crippen molar-refractivity contribution in [2.45, 2.75) is 6.92 Å². The van der Waals surface area contributed by atoms with E-state index in [1.54, 1.807) is 6.20 Å². The van der Waals surface area contributed by atoms with Crippen molar-refractivity contribution in [3.63, 3.8) is 0 Å². The smallest absolute Gasteiger partial charge is 0.268 e. The van der Waals surface area contributed by atoms with E-state index in [-0.39, 0.29) is 5.91 Å². The molecule has 0 atom stereocenters. The Labute approximate surface area is 123 Å². The molecule has 0 spiro atoms. The Kier molecular flexibility index (Phi) is 5.23. The Morgan fingerprint density at radius 3 is 2.57 bits per heavy atom. The molecular weight excluding hydrogens is 264 g/mol. The number of hydrogen-bond donors (Lipinski definition) is 2. The van der Waals surface area contributed by atoms with Crippen LogP contribution in [-0.2, 0) is 4.79 Å². The quantitative estimate of drug-likeness (QED) is 0.653. The maximum absolute atomic E-state index is 11.7. The van der Waals surface area contributed by atoms with Crippen LogP contribution in [0.15, 0.2) is 65.9 Å². The number of benzene rings is 1. The van der Waals surface area contributed by atoms with Crippen LogP contribution in [0.5, 0.6) is 0 Å². The first-order chi connectivity index (χ1) is 10.3. The van der Waals surface area contributed by atoms with Crippen molar-refractivity contribution < 1.29 is 4.79 Å². The third-order valence-electron chi connectivity index (χ3n) is 2.64. The summed E-state index contributed by atoms with van der Waals surface area (Å²) in [4.78, 5) is 15.9. The second-order valence-electron chi connectivity index (χ2n) is 4.14. The number of rotatable bonds is 5. The Morgan fingerprint density at radius 1 is 1.14 bits per heavy atom. The number of nitrogens with zero attached hydrogens (tertiary/aromatic N) is 2. The highest BCUT2D eigenvalue weighted by atomic mass is 16.1. The van der Waals surface area contributed by atoms with E-state index < -0.39 is 0 Å². The third-order valence-corrected chi connectivity index (χ3v) is 2.64. The van der Waals surface area contributed by atoms with Gasteiger partial charge < -0.3 is 5.32 Å². The van der Waals surface area contributed by atoms with Gasteiger partial charge in [-0.1, -0.05) is 30.3 Å². The normalized spacial score (nSPS) is 11.4. The summed E-state index contributed by atoms with van der Waals surface area (Å²) in [5.74, 6) is -0.301. The number of hydrogen-bond acceptors (Lipinski definition) is 4. The van der Waals surface area contributed by atoms with Gasteiger partial charge in [0.25, 0.3) is 5.91 Å². The average molecular weight is 280 g/mol. The standard InChI is InChI=1S/C16H16N4O/c1-2-14(15-10-6-7-11-17-15)20-18-12-16(21)19-13-8-4-3-5-9-13/h2-12,20H,1H3,(H,19,21)/b14-2-,18-12+. The van der Waals surface area contributed by atoms with Crippen LogP contribution in [0.2, 0.25) is 0 Å². The van der Waals surface area contributed by atoms with Crippen LogP contribution in [-0.4, -0.2) is 17.1 Å². The minimum atomic E-state index is -0.301. The minimum absolute atomic E-state index is 0.301. The van der Waals surface area contributed by atoms with E-state index in [1.807, 2.05) is 61.5 Å².